The van der Waals surface area contributed by atoms with Gasteiger partial charge in [0, 0.05) is 11.6 Å². The van der Waals surface area contributed by atoms with Crippen LogP contribution in [0.25, 0.3) is 0 Å². The number of nitrogens with two attached hydrogens (primary N) is 1. The second-order valence-electron chi connectivity index (χ2n) is 6.27. The van der Waals surface area contributed by atoms with Crippen LogP contribution in [0.4, 0.5) is 5.69 Å². The molecule has 0 saturated heterocycles. The molecule has 0 spiro atoms. The van der Waals surface area contributed by atoms with Crippen LogP contribution >= 0.6 is 0 Å². The highest BCUT2D eigenvalue weighted by molar-refractivity contribution is 5.93. The van der Waals surface area contributed by atoms with E-state index in [2.05, 4.69) is 57.5 Å². The van der Waals surface area contributed by atoms with Crippen molar-refractivity contribution >= 4 is 11.6 Å². The highest BCUT2D eigenvalue weighted by Crippen LogP contribution is 2.27. The number of nitrogens with zero attached hydrogens (tertiary/aromatic N) is 3. The van der Waals surface area contributed by atoms with Crippen LogP contribution in [0.5, 0.6) is 0 Å². The van der Waals surface area contributed by atoms with Crippen LogP contribution in [0.1, 0.15) is 55.4 Å². The first-order valence-electron chi connectivity index (χ1n) is 8.22. The first kappa shape index (κ1) is 15.5. The number of aliphatic imine (C=N–C) groups is 1. The van der Waals surface area contributed by atoms with Gasteiger partial charge in [0.05, 0.1) is 0 Å². The molecule has 0 bridgehead atoms. The smallest absolute Gasteiger partial charge is 0.193 e. The van der Waals surface area contributed by atoms with Gasteiger partial charge in [0.25, 0.3) is 0 Å². The second-order valence-corrected chi connectivity index (χ2v) is 6.27. The molecule has 1 aliphatic rings. The lowest BCUT2D eigenvalue weighted by molar-refractivity contribution is 0.687. The zero-order valence-electron chi connectivity index (χ0n) is 13.8. The fraction of sp³-hybridized carbons (Fsp3) is 0.471. The summed E-state index contributed by atoms with van der Waals surface area (Å²) in [6, 6.07) is 6.35. The maximum atomic E-state index is 6.03. The Morgan fingerprint density at radius 2 is 2.17 bits per heavy atom. The summed E-state index contributed by atoms with van der Waals surface area (Å²) in [5, 5.41) is 10.3. The maximum Gasteiger partial charge on any atom is 0.193 e. The van der Waals surface area contributed by atoms with Crippen molar-refractivity contribution in [3.8, 4) is 0 Å². The van der Waals surface area contributed by atoms with E-state index in [1.54, 1.807) is 0 Å². The number of aromatic nitrogens is 3. The van der Waals surface area contributed by atoms with Crippen molar-refractivity contribution in [3.63, 3.8) is 0 Å². The number of aryl methyl sites for hydroxylation is 1. The van der Waals surface area contributed by atoms with Crippen molar-refractivity contribution in [1.82, 2.24) is 15.2 Å². The molecule has 122 valence electrons. The zero-order chi connectivity index (χ0) is 16.2. The average molecular weight is 312 g/mol. The summed E-state index contributed by atoms with van der Waals surface area (Å²) in [7, 11) is 0. The van der Waals surface area contributed by atoms with Gasteiger partial charge >= 0.3 is 0 Å². The van der Waals surface area contributed by atoms with Crippen LogP contribution in [0, 0.1) is 0 Å². The minimum Gasteiger partial charge on any atom is -0.370 e. The number of H-pyrrole nitrogens is 1. The normalized spacial score (nSPS) is 14.8. The molecule has 0 amide bonds. The Morgan fingerprint density at radius 3 is 2.96 bits per heavy atom. The van der Waals surface area contributed by atoms with E-state index >= 15 is 0 Å². The number of hydrogen-bond acceptors (Lipinski definition) is 3. The van der Waals surface area contributed by atoms with E-state index in [4.69, 9.17) is 5.73 Å². The Morgan fingerprint density at radius 1 is 1.35 bits per heavy atom. The Balaban J connectivity index is 1.67. The fourth-order valence-electron chi connectivity index (χ4n) is 2.87. The predicted octanol–water partition coefficient (Wildman–Crippen LogP) is 2.73. The predicted molar refractivity (Wildman–Crippen MR) is 92.5 cm³/mol. The lowest BCUT2D eigenvalue weighted by atomic mass is 9.90. The molecule has 1 aromatic carbocycles. The Kier molecular flexibility index (Phi) is 4.60. The van der Waals surface area contributed by atoms with Crippen LogP contribution in [-0.2, 0) is 19.4 Å². The highest BCUT2D eigenvalue weighted by atomic mass is 15.2. The highest BCUT2D eigenvalue weighted by Gasteiger charge is 2.13. The number of benzene rings is 1. The Hall–Kier alpha value is -2.37. The van der Waals surface area contributed by atoms with Gasteiger partial charge < -0.3 is 11.1 Å². The molecular weight excluding hydrogens is 288 g/mol. The van der Waals surface area contributed by atoms with E-state index in [-0.39, 0.29) is 0 Å². The number of anilines is 1. The summed E-state index contributed by atoms with van der Waals surface area (Å²) >= 11 is 0. The number of rotatable bonds is 4. The van der Waals surface area contributed by atoms with Crippen molar-refractivity contribution in [2.24, 2.45) is 10.7 Å². The first-order chi connectivity index (χ1) is 11.1. The van der Waals surface area contributed by atoms with E-state index in [0.717, 1.165) is 30.2 Å². The number of fused-ring (bicyclic) bond motifs is 1. The van der Waals surface area contributed by atoms with Gasteiger partial charge in [-0.2, -0.15) is 5.10 Å². The van der Waals surface area contributed by atoms with Crippen LogP contribution in [-0.4, -0.2) is 21.1 Å². The number of guanidine groups is 1. The Labute approximate surface area is 136 Å². The monoisotopic (exact) mass is 312 g/mol. The van der Waals surface area contributed by atoms with Gasteiger partial charge in [0.1, 0.15) is 12.4 Å². The molecule has 1 aromatic heterocycles. The lowest BCUT2D eigenvalue weighted by Gasteiger charge is -2.19. The number of aromatic amines is 1. The van der Waals surface area contributed by atoms with Crippen LogP contribution in [0.2, 0.25) is 0 Å². The molecule has 4 N–H and O–H groups in total. The molecular formula is C17H24N6. The maximum absolute atomic E-state index is 6.03. The third-order valence-corrected chi connectivity index (χ3v) is 4.12. The molecule has 1 heterocycles. The summed E-state index contributed by atoms with van der Waals surface area (Å²) in [6.07, 6.45) is 4.76. The summed E-state index contributed by atoms with van der Waals surface area (Å²) in [5.41, 5.74) is 9.90. The van der Waals surface area contributed by atoms with E-state index in [1.807, 2.05) is 0 Å². The van der Waals surface area contributed by atoms with E-state index in [1.165, 1.54) is 24.0 Å². The second kappa shape index (κ2) is 6.81. The number of nitrogens with one attached hydrogen (secondary N) is 2. The molecule has 0 atom stereocenters. The average Bonchev–Trinajstić information content (AvgIpc) is 3.03. The molecule has 23 heavy (non-hydrogen) atoms. The van der Waals surface area contributed by atoms with Gasteiger partial charge in [-0.3, -0.25) is 5.10 Å². The standard InChI is InChI=1S/C17H24N6/c1-11(2)16-21-15(22-23-16)10-19-17(18)20-14-9-5-7-12-6-3-4-8-13(12)14/h5,7,9,11H,3-4,6,8,10H2,1-2H3,(H3,18,19,20)(H,21,22,23). The molecule has 0 radical (unpaired) electrons. The number of hydrogen-bond donors (Lipinski definition) is 3. The molecule has 2 aromatic rings. The summed E-state index contributed by atoms with van der Waals surface area (Å²) in [6.45, 7) is 4.52. The van der Waals surface area contributed by atoms with Crippen LogP contribution in [0.15, 0.2) is 23.2 Å². The molecule has 3 rings (SSSR count). The van der Waals surface area contributed by atoms with Crippen molar-refractivity contribution < 1.29 is 0 Å². The summed E-state index contributed by atoms with van der Waals surface area (Å²) in [5.74, 6) is 2.24. The van der Waals surface area contributed by atoms with Crippen molar-refractivity contribution in [1.29, 1.82) is 0 Å². The van der Waals surface area contributed by atoms with Gasteiger partial charge in [0.15, 0.2) is 11.8 Å². The molecule has 6 heteroatoms. The minimum absolute atomic E-state index is 0.301. The van der Waals surface area contributed by atoms with Gasteiger partial charge in [-0.1, -0.05) is 26.0 Å². The van der Waals surface area contributed by atoms with Gasteiger partial charge in [-0.25, -0.2) is 9.98 Å². The molecule has 0 aliphatic heterocycles. The first-order valence-corrected chi connectivity index (χ1v) is 8.22. The topological polar surface area (TPSA) is 92.0 Å². The van der Waals surface area contributed by atoms with Crippen LogP contribution in [0.3, 0.4) is 0 Å². The molecule has 0 unspecified atom stereocenters. The summed E-state index contributed by atoms with van der Waals surface area (Å²) < 4.78 is 0. The summed E-state index contributed by atoms with van der Waals surface area (Å²) in [4.78, 5) is 8.76. The molecule has 1 aliphatic carbocycles. The zero-order valence-corrected chi connectivity index (χ0v) is 13.8. The van der Waals surface area contributed by atoms with Gasteiger partial charge in [0.2, 0.25) is 0 Å². The van der Waals surface area contributed by atoms with Crippen molar-refractivity contribution in [2.45, 2.75) is 52.0 Å². The lowest BCUT2D eigenvalue weighted by Crippen LogP contribution is -2.24. The third kappa shape index (κ3) is 3.70. The van der Waals surface area contributed by atoms with Gasteiger partial charge in [-0.15, -0.1) is 0 Å². The van der Waals surface area contributed by atoms with E-state index < -0.39 is 0 Å². The SMILES string of the molecule is CC(C)c1n[nH]c(CN=C(N)Nc2cccc3c2CCCC3)n1. The van der Waals surface area contributed by atoms with Gasteiger partial charge in [-0.05, 0) is 42.9 Å². The van der Waals surface area contributed by atoms with Crippen LogP contribution < -0.4 is 11.1 Å². The largest absolute Gasteiger partial charge is 0.370 e. The molecule has 6 nitrogen and oxygen atoms in total. The minimum atomic E-state index is 0.301. The van der Waals surface area contributed by atoms with E-state index in [9.17, 15) is 0 Å². The van der Waals surface area contributed by atoms with Crippen molar-refractivity contribution in [2.75, 3.05) is 5.32 Å². The molecule has 0 saturated carbocycles. The van der Waals surface area contributed by atoms with E-state index in [0.29, 0.717) is 18.4 Å². The Bertz CT molecular complexity index is 701. The third-order valence-electron chi connectivity index (χ3n) is 4.12. The quantitative estimate of drug-likeness (QED) is 0.598. The molecule has 0 fully saturated rings. The fourth-order valence-corrected chi connectivity index (χ4v) is 2.87. The van der Waals surface area contributed by atoms with Crippen molar-refractivity contribution in [3.05, 3.63) is 41.0 Å².